The highest BCUT2D eigenvalue weighted by molar-refractivity contribution is 5.91. The normalized spacial score (nSPS) is 19.8. The molecule has 1 aromatic rings. The average Bonchev–Trinajstić information content (AvgIpc) is 2.66. The fourth-order valence-corrected chi connectivity index (χ4v) is 2.41. The van der Waals surface area contributed by atoms with Gasteiger partial charge in [-0.25, -0.2) is 4.79 Å². The van der Waals surface area contributed by atoms with Crippen molar-refractivity contribution in [3.8, 4) is 0 Å². The van der Waals surface area contributed by atoms with E-state index in [-0.39, 0.29) is 12.0 Å². The van der Waals surface area contributed by atoms with E-state index >= 15 is 0 Å². The van der Waals surface area contributed by atoms with Crippen molar-refractivity contribution in [3.05, 3.63) is 47.2 Å². The maximum absolute atomic E-state index is 11.9. The molecular formula is C15H20N2O2. The Hall–Kier alpha value is -1.81. The van der Waals surface area contributed by atoms with Crippen molar-refractivity contribution in [1.29, 1.82) is 0 Å². The van der Waals surface area contributed by atoms with E-state index in [2.05, 4.69) is 17.0 Å². The first-order valence-electron chi connectivity index (χ1n) is 6.57. The summed E-state index contributed by atoms with van der Waals surface area (Å²) >= 11 is 0. The smallest absolute Gasteiger partial charge is 0.337 e. The van der Waals surface area contributed by atoms with E-state index in [1.165, 1.54) is 5.56 Å². The van der Waals surface area contributed by atoms with E-state index in [1.807, 2.05) is 25.1 Å². The molecule has 4 nitrogen and oxygen atoms in total. The van der Waals surface area contributed by atoms with Crippen LogP contribution in [0.1, 0.15) is 19.4 Å². The molecule has 0 bridgehead atoms. The Morgan fingerprint density at radius 3 is 2.74 bits per heavy atom. The van der Waals surface area contributed by atoms with Crippen LogP contribution in [0, 0.1) is 0 Å². The minimum atomic E-state index is -0.289. The van der Waals surface area contributed by atoms with E-state index in [0.29, 0.717) is 24.4 Å². The zero-order valence-corrected chi connectivity index (χ0v) is 11.4. The standard InChI is InChI=1S/C15H20N2O2/c1-3-19-15(18)14-11(2)17(10-13(14)16)9-12-7-5-4-6-8-12/h4-8,11H,3,9-10,16H2,1-2H3. The number of rotatable bonds is 4. The molecule has 1 heterocycles. The topological polar surface area (TPSA) is 55.6 Å². The number of ether oxygens (including phenoxy) is 1. The van der Waals surface area contributed by atoms with Gasteiger partial charge in [0.2, 0.25) is 0 Å². The highest BCUT2D eigenvalue weighted by atomic mass is 16.5. The van der Waals surface area contributed by atoms with E-state index in [9.17, 15) is 4.79 Å². The molecule has 19 heavy (non-hydrogen) atoms. The van der Waals surface area contributed by atoms with Gasteiger partial charge in [-0.05, 0) is 19.4 Å². The SMILES string of the molecule is CCOC(=O)C1=C(N)CN(Cc2ccccc2)C1C. The molecule has 0 aromatic heterocycles. The van der Waals surface area contributed by atoms with Crippen molar-refractivity contribution >= 4 is 5.97 Å². The molecular weight excluding hydrogens is 240 g/mol. The van der Waals surface area contributed by atoms with Gasteiger partial charge in [0.25, 0.3) is 0 Å². The molecule has 0 saturated carbocycles. The lowest BCUT2D eigenvalue weighted by molar-refractivity contribution is -0.139. The molecule has 0 radical (unpaired) electrons. The van der Waals surface area contributed by atoms with Crippen LogP contribution in [0.4, 0.5) is 0 Å². The molecule has 1 aliphatic heterocycles. The number of esters is 1. The van der Waals surface area contributed by atoms with Crippen LogP contribution in [0.2, 0.25) is 0 Å². The van der Waals surface area contributed by atoms with Gasteiger partial charge < -0.3 is 10.5 Å². The Morgan fingerprint density at radius 2 is 2.11 bits per heavy atom. The third-order valence-electron chi connectivity index (χ3n) is 3.41. The van der Waals surface area contributed by atoms with Crippen LogP contribution in [-0.2, 0) is 16.1 Å². The first kappa shape index (κ1) is 13.6. The predicted molar refractivity (Wildman–Crippen MR) is 74.2 cm³/mol. The molecule has 2 rings (SSSR count). The zero-order chi connectivity index (χ0) is 13.8. The van der Waals surface area contributed by atoms with Crippen molar-refractivity contribution in [2.24, 2.45) is 5.73 Å². The van der Waals surface area contributed by atoms with E-state index in [1.54, 1.807) is 6.92 Å². The van der Waals surface area contributed by atoms with Gasteiger partial charge in [0.15, 0.2) is 0 Å². The monoisotopic (exact) mass is 260 g/mol. The average molecular weight is 260 g/mol. The molecule has 0 saturated heterocycles. The third kappa shape index (κ3) is 2.96. The summed E-state index contributed by atoms with van der Waals surface area (Å²) in [6.45, 7) is 5.57. The summed E-state index contributed by atoms with van der Waals surface area (Å²) in [6, 6.07) is 10.2. The van der Waals surface area contributed by atoms with Crippen LogP contribution in [-0.4, -0.2) is 30.1 Å². The van der Waals surface area contributed by atoms with Gasteiger partial charge in [-0.1, -0.05) is 30.3 Å². The zero-order valence-electron chi connectivity index (χ0n) is 11.4. The molecule has 0 fully saturated rings. The molecule has 1 atom stereocenters. The number of hydrogen-bond acceptors (Lipinski definition) is 4. The Balaban J connectivity index is 2.07. The van der Waals surface area contributed by atoms with E-state index in [0.717, 1.165) is 6.54 Å². The number of nitrogens with zero attached hydrogens (tertiary/aromatic N) is 1. The van der Waals surface area contributed by atoms with Gasteiger partial charge in [0.05, 0.1) is 12.2 Å². The maximum atomic E-state index is 11.9. The fourth-order valence-electron chi connectivity index (χ4n) is 2.41. The van der Waals surface area contributed by atoms with E-state index in [4.69, 9.17) is 10.5 Å². The number of carbonyl (C=O) groups excluding carboxylic acids is 1. The number of benzene rings is 1. The van der Waals surface area contributed by atoms with Crippen LogP contribution in [0.3, 0.4) is 0 Å². The van der Waals surface area contributed by atoms with Gasteiger partial charge in [-0.15, -0.1) is 0 Å². The number of nitrogens with two attached hydrogens (primary N) is 1. The van der Waals surface area contributed by atoms with Crippen LogP contribution >= 0.6 is 0 Å². The third-order valence-corrected chi connectivity index (χ3v) is 3.41. The highest BCUT2D eigenvalue weighted by Crippen LogP contribution is 2.24. The molecule has 1 aliphatic rings. The van der Waals surface area contributed by atoms with Gasteiger partial charge in [-0.2, -0.15) is 0 Å². The molecule has 1 unspecified atom stereocenters. The summed E-state index contributed by atoms with van der Waals surface area (Å²) in [4.78, 5) is 14.1. The Kier molecular flexibility index (Phi) is 4.22. The molecule has 0 amide bonds. The Bertz CT molecular complexity index is 482. The van der Waals surface area contributed by atoms with E-state index < -0.39 is 0 Å². The molecule has 0 aliphatic carbocycles. The largest absolute Gasteiger partial charge is 0.463 e. The summed E-state index contributed by atoms with van der Waals surface area (Å²) in [6.07, 6.45) is 0. The summed E-state index contributed by atoms with van der Waals surface area (Å²) in [5, 5.41) is 0. The van der Waals surface area contributed by atoms with Crippen molar-refractivity contribution in [2.45, 2.75) is 26.4 Å². The molecule has 0 spiro atoms. The maximum Gasteiger partial charge on any atom is 0.337 e. The Labute approximate surface area is 113 Å². The first-order chi connectivity index (χ1) is 9.13. The lowest BCUT2D eigenvalue weighted by atomic mass is 10.1. The molecule has 1 aromatic carbocycles. The lowest BCUT2D eigenvalue weighted by Gasteiger charge is -2.22. The second-order valence-corrected chi connectivity index (χ2v) is 4.73. The van der Waals surface area contributed by atoms with Crippen molar-refractivity contribution in [2.75, 3.05) is 13.2 Å². The van der Waals surface area contributed by atoms with Gasteiger partial charge in [-0.3, -0.25) is 4.90 Å². The summed E-state index contributed by atoms with van der Waals surface area (Å²) in [5.74, 6) is -0.289. The van der Waals surface area contributed by atoms with Crippen molar-refractivity contribution in [3.63, 3.8) is 0 Å². The van der Waals surface area contributed by atoms with Gasteiger partial charge in [0.1, 0.15) is 0 Å². The number of hydrogen-bond donors (Lipinski definition) is 1. The molecule has 2 N–H and O–H groups in total. The lowest BCUT2D eigenvalue weighted by Crippen LogP contribution is -2.31. The van der Waals surface area contributed by atoms with Crippen LogP contribution in [0.25, 0.3) is 0 Å². The minimum absolute atomic E-state index is 0.000689. The van der Waals surface area contributed by atoms with Crippen LogP contribution in [0.15, 0.2) is 41.6 Å². The predicted octanol–water partition coefficient (Wildman–Crippen LogP) is 1.67. The number of carbonyl (C=O) groups is 1. The first-order valence-corrected chi connectivity index (χ1v) is 6.57. The Morgan fingerprint density at radius 1 is 1.42 bits per heavy atom. The van der Waals surface area contributed by atoms with Crippen molar-refractivity contribution in [1.82, 2.24) is 4.90 Å². The fraction of sp³-hybridized carbons (Fsp3) is 0.400. The van der Waals surface area contributed by atoms with Crippen LogP contribution in [0.5, 0.6) is 0 Å². The minimum Gasteiger partial charge on any atom is -0.463 e. The second-order valence-electron chi connectivity index (χ2n) is 4.73. The van der Waals surface area contributed by atoms with Crippen LogP contribution < -0.4 is 5.73 Å². The highest BCUT2D eigenvalue weighted by Gasteiger charge is 2.33. The molecule has 102 valence electrons. The van der Waals surface area contributed by atoms with Gasteiger partial charge in [0, 0.05) is 24.8 Å². The summed E-state index contributed by atoms with van der Waals surface area (Å²) < 4.78 is 5.06. The quantitative estimate of drug-likeness (QED) is 0.837. The second kappa shape index (κ2) is 5.89. The van der Waals surface area contributed by atoms with Crippen molar-refractivity contribution < 1.29 is 9.53 Å². The summed E-state index contributed by atoms with van der Waals surface area (Å²) in [5.41, 5.74) is 8.43. The van der Waals surface area contributed by atoms with Gasteiger partial charge >= 0.3 is 5.97 Å². The summed E-state index contributed by atoms with van der Waals surface area (Å²) in [7, 11) is 0. The molecule has 4 heteroatoms.